The third-order valence-corrected chi connectivity index (χ3v) is 4.26. The van der Waals surface area contributed by atoms with Crippen molar-refractivity contribution >= 4 is 11.4 Å². The number of nitrogens with one attached hydrogen (secondary N) is 2. The molecule has 1 aliphatic heterocycles. The fourth-order valence-electron chi connectivity index (χ4n) is 3.00. The number of hydrogen-bond donors (Lipinski definition) is 2. The van der Waals surface area contributed by atoms with Crippen LogP contribution in [0, 0.1) is 6.92 Å². The van der Waals surface area contributed by atoms with E-state index in [2.05, 4.69) is 33.9 Å². The number of carbonyl (C=O) groups is 1. The summed E-state index contributed by atoms with van der Waals surface area (Å²) in [6.45, 7) is 4.32. The van der Waals surface area contributed by atoms with Crippen LogP contribution >= 0.6 is 0 Å². The van der Waals surface area contributed by atoms with E-state index < -0.39 is 0 Å². The standard InChI is InChI=1S/C18H18N4O/c1-12-3-2-4-16-8-17(21-22(12)16)18(23)20-9-13-5-6-14-10-19-11-15(14)7-13/h2-8,19H,9-11H2,1H3,(H,20,23). The SMILES string of the molecule is Cc1cccc2cc(C(=O)NCc3ccc4c(c3)CNC4)nn12. The zero-order valence-electron chi connectivity index (χ0n) is 13.0. The zero-order valence-corrected chi connectivity index (χ0v) is 13.0. The number of aromatic nitrogens is 2. The van der Waals surface area contributed by atoms with Crippen molar-refractivity contribution in [1.82, 2.24) is 20.2 Å². The molecule has 0 saturated heterocycles. The van der Waals surface area contributed by atoms with E-state index in [1.54, 1.807) is 4.52 Å². The number of rotatable bonds is 3. The van der Waals surface area contributed by atoms with Gasteiger partial charge in [-0.3, -0.25) is 4.79 Å². The van der Waals surface area contributed by atoms with Gasteiger partial charge in [0.05, 0.1) is 5.52 Å². The zero-order chi connectivity index (χ0) is 15.8. The van der Waals surface area contributed by atoms with Gasteiger partial charge in [0.15, 0.2) is 5.69 Å². The molecule has 23 heavy (non-hydrogen) atoms. The Morgan fingerprint density at radius 2 is 2.09 bits per heavy atom. The largest absolute Gasteiger partial charge is 0.347 e. The van der Waals surface area contributed by atoms with Crippen molar-refractivity contribution in [3.05, 3.63) is 70.5 Å². The lowest BCUT2D eigenvalue weighted by molar-refractivity contribution is 0.0945. The van der Waals surface area contributed by atoms with Gasteiger partial charge in [0.1, 0.15) is 0 Å². The third-order valence-electron chi connectivity index (χ3n) is 4.26. The Morgan fingerprint density at radius 1 is 1.22 bits per heavy atom. The smallest absolute Gasteiger partial charge is 0.272 e. The van der Waals surface area contributed by atoms with Crippen LogP contribution in [0.4, 0.5) is 0 Å². The lowest BCUT2D eigenvalue weighted by Gasteiger charge is -2.05. The molecule has 0 radical (unpaired) electrons. The molecule has 2 N–H and O–H groups in total. The van der Waals surface area contributed by atoms with Crippen LogP contribution in [0.15, 0.2) is 42.5 Å². The number of amides is 1. The molecule has 3 heterocycles. The molecule has 0 aliphatic carbocycles. The maximum absolute atomic E-state index is 12.3. The summed E-state index contributed by atoms with van der Waals surface area (Å²) < 4.78 is 1.79. The van der Waals surface area contributed by atoms with Crippen molar-refractivity contribution < 1.29 is 4.79 Å². The molecule has 0 saturated carbocycles. The van der Waals surface area contributed by atoms with Crippen molar-refractivity contribution in [2.75, 3.05) is 0 Å². The molecular formula is C18H18N4O. The highest BCUT2D eigenvalue weighted by molar-refractivity contribution is 5.93. The molecular weight excluding hydrogens is 288 g/mol. The van der Waals surface area contributed by atoms with E-state index in [0.717, 1.165) is 29.9 Å². The summed E-state index contributed by atoms with van der Waals surface area (Å²) in [7, 11) is 0. The van der Waals surface area contributed by atoms with Crippen LogP contribution in [-0.2, 0) is 19.6 Å². The molecule has 0 atom stereocenters. The van der Waals surface area contributed by atoms with Gasteiger partial charge in [0.25, 0.3) is 5.91 Å². The molecule has 1 aliphatic rings. The number of carbonyl (C=O) groups excluding carboxylic acids is 1. The van der Waals surface area contributed by atoms with Gasteiger partial charge >= 0.3 is 0 Å². The first-order valence-electron chi connectivity index (χ1n) is 7.76. The van der Waals surface area contributed by atoms with Crippen molar-refractivity contribution in [2.24, 2.45) is 0 Å². The Labute approximate surface area is 134 Å². The Hall–Kier alpha value is -2.66. The maximum Gasteiger partial charge on any atom is 0.272 e. The number of benzene rings is 1. The van der Waals surface area contributed by atoms with Crippen LogP contribution in [0.5, 0.6) is 0 Å². The molecule has 2 aromatic heterocycles. The fourth-order valence-corrected chi connectivity index (χ4v) is 3.00. The summed E-state index contributed by atoms with van der Waals surface area (Å²) in [4.78, 5) is 12.3. The molecule has 5 heteroatoms. The van der Waals surface area contributed by atoms with E-state index in [1.807, 2.05) is 31.2 Å². The highest BCUT2D eigenvalue weighted by atomic mass is 16.1. The molecule has 5 nitrogen and oxygen atoms in total. The number of fused-ring (bicyclic) bond motifs is 2. The Balaban J connectivity index is 1.50. The van der Waals surface area contributed by atoms with E-state index >= 15 is 0 Å². The first kappa shape index (κ1) is 14.0. The molecule has 1 aromatic carbocycles. The van der Waals surface area contributed by atoms with Crippen molar-refractivity contribution in [3.63, 3.8) is 0 Å². The summed E-state index contributed by atoms with van der Waals surface area (Å²) in [6, 6.07) is 14.1. The van der Waals surface area contributed by atoms with E-state index in [-0.39, 0.29) is 5.91 Å². The van der Waals surface area contributed by atoms with Crippen LogP contribution < -0.4 is 10.6 Å². The predicted molar refractivity (Wildman–Crippen MR) is 88.1 cm³/mol. The highest BCUT2D eigenvalue weighted by Crippen LogP contribution is 2.17. The minimum absolute atomic E-state index is 0.147. The average Bonchev–Trinajstić information content (AvgIpc) is 3.19. The average molecular weight is 306 g/mol. The summed E-state index contributed by atoms with van der Waals surface area (Å²) in [5.74, 6) is -0.147. The number of nitrogens with zero attached hydrogens (tertiary/aromatic N) is 2. The summed E-state index contributed by atoms with van der Waals surface area (Å²) in [5.41, 5.74) is 6.16. The van der Waals surface area contributed by atoms with Crippen molar-refractivity contribution in [1.29, 1.82) is 0 Å². The van der Waals surface area contributed by atoms with Crippen molar-refractivity contribution in [2.45, 2.75) is 26.6 Å². The molecule has 0 spiro atoms. The minimum atomic E-state index is -0.147. The van der Waals surface area contributed by atoms with Gasteiger partial charge < -0.3 is 10.6 Å². The normalized spacial score (nSPS) is 13.3. The molecule has 116 valence electrons. The highest BCUT2D eigenvalue weighted by Gasteiger charge is 2.13. The second-order valence-corrected chi connectivity index (χ2v) is 5.92. The molecule has 1 amide bonds. The van der Waals surface area contributed by atoms with Crippen molar-refractivity contribution in [3.8, 4) is 0 Å². The van der Waals surface area contributed by atoms with E-state index in [0.29, 0.717) is 12.2 Å². The Bertz CT molecular complexity index is 897. The quantitative estimate of drug-likeness (QED) is 0.780. The predicted octanol–water partition coefficient (Wildman–Crippen LogP) is 2.18. The van der Waals surface area contributed by atoms with Gasteiger partial charge in [0.2, 0.25) is 0 Å². The van der Waals surface area contributed by atoms with Crippen LogP contribution in [0.25, 0.3) is 5.52 Å². The second-order valence-electron chi connectivity index (χ2n) is 5.92. The van der Waals surface area contributed by atoms with Crippen LogP contribution in [-0.4, -0.2) is 15.5 Å². The third kappa shape index (κ3) is 2.59. The number of aryl methyl sites for hydroxylation is 1. The molecule has 0 bridgehead atoms. The van der Waals surface area contributed by atoms with Gasteiger partial charge in [0, 0.05) is 25.3 Å². The lowest BCUT2D eigenvalue weighted by atomic mass is 10.1. The maximum atomic E-state index is 12.3. The first-order chi connectivity index (χ1) is 11.2. The molecule has 0 unspecified atom stereocenters. The van der Waals surface area contributed by atoms with Crippen LogP contribution in [0.3, 0.4) is 0 Å². The fraction of sp³-hybridized carbons (Fsp3) is 0.222. The van der Waals surface area contributed by atoms with E-state index in [9.17, 15) is 4.79 Å². The van der Waals surface area contributed by atoms with Gasteiger partial charge in [-0.2, -0.15) is 5.10 Å². The summed E-state index contributed by atoms with van der Waals surface area (Å²) in [5, 5.41) is 10.7. The molecule has 4 rings (SSSR count). The Morgan fingerprint density at radius 3 is 2.96 bits per heavy atom. The Kier molecular flexibility index (Phi) is 3.35. The minimum Gasteiger partial charge on any atom is -0.347 e. The first-order valence-corrected chi connectivity index (χ1v) is 7.76. The van der Waals surface area contributed by atoms with E-state index in [1.165, 1.54) is 11.1 Å². The van der Waals surface area contributed by atoms with E-state index in [4.69, 9.17) is 0 Å². The summed E-state index contributed by atoms with van der Waals surface area (Å²) >= 11 is 0. The molecule has 0 fully saturated rings. The van der Waals surface area contributed by atoms with Gasteiger partial charge in [-0.25, -0.2) is 4.52 Å². The van der Waals surface area contributed by atoms with Crippen LogP contribution in [0.2, 0.25) is 0 Å². The number of hydrogen-bond acceptors (Lipinski definition) is 3. The van der Waals surface area contributed by atoms with Crippen LogP contribution in [0.1, 0.15) is 32.9 Å². The topological polar surface area (TPSA) is 58.4 Å². The summed E-state index contributed by atoms with van der Waals surface area (Å²) in [6.07, 6.45) is 0. The van der Waals surface area contributed by atoms with Gasteiger partial charge in [-0.05, 0) is 41.8 Å². The number of pyridine rings is 1. The van der Waals surface area contributed by atoms with Gasteiger partial charge in [-0.15, -0.1) is 0 Å². The lowest BCUT2D eigenvalue weighted by Crippen LogP contribution is -2.23. The molecule has 3 aromatic rings. The second kappa shape index (κ2) is 5.52. The van der Waals surface area contributed by atoms with Gasteiger partial charge in [-0.1, -0.05) is 24.3 Å². The monoisotopic (exact) mass is 306 g/mol.